The van der Waals surface area contributed by atoms with E-state index in [1.165, 1.54) is 0 Å². The number of carbonyl (C=O) groups excluding carboxylic acids is 1. The molecule has 2 aliphatic rings. The molecule has 4 nitrogen and oxygen atoms in total. The fourth-order valence-electron chi connectivity index (χ4n) is 1.29. The van der Waals surface area contributed by atoms with Crippen molar-refractivity contribution in [2.45, 2.75) is 12.8 Å². The smallest absolute Gasteiger partial charge is 0.269 e. The van der Waals surface area contributed by atoms with E-state index in [-0.39, 0.29) is 0 Å². The van der Waals surface area contributed by atoms with Gasteiger partial charge in [-0.15, -0.1) is 5.10 Å². The van der Waals surface area contributed by atoms with Gasteiger partial charge in [0.25, 0.3) is 5.91 Å². The van der Waals surface area contributed by atoms with Gasteiger partial charge in [-0.25, -0.2) is 0 Å². The zero-order valence-electron chi connectivity index (χ0n) is 5.87. The highest BCUT2D eigenvalue weighted by Crippen LogP contribution is 2.21. The molecule has 0 saturated heterocycles. The Labute approximate surface area is 63.5 Å². The summed E-state index contributed by atoms with van der Waals surface area (Å²) in [5, 5.41) is 7.52. The van der Waals surface area contributed by atoms with Crippen molar-refractivity contribution in [2.24, 2.45) is 15.9 Å². The van der Waals surface area contributed by atoms with Crippen LogP contribution in [0.15, 0.2) is 21.9 Å². The van der Waals surface area contributed by atoms with Gasteiger partial charge < -0.3 is 5.73 Å². The average Bonchev–Trinajstić information content (AvgIpc) is 2.41. The Morgan fingerprint density at radius 1 is 1.55 bits per heavy atom. The molecule has 0 unspecified atom stereocenters. The van der Waals surface area contributed by atoms with Gasteiger partial charge in [-0.05, 0) is 12.8 Å². The standard InChI is InChI=1S/C7H7N3O/c8-7(11)6-4-2-1-3-5(4)9-10-6/h2H,1,3H2,(H2,8,11). The molecule has 11 heavy (non-hydrogen) atoms. The molecule has 4 heteroatoms. The Hall–Kier alpha value is -1.45. The van der Waals surface area contributed by atoms with Crippen LogP contribution in [0.2, 0.25) is 0 Å². The van der Waals surface area contributed by atoms with Crippen molar-refractivity contribution in [1.82, 2.24) is 0 Å². The van der Waals surface area contributed by atoms with Crippen molar-refractivity contribution in [2.75, 3.05) is 0 Å². The first-order valence-electron chi connectivity index (χ1n) is 3.44. The van der Waals surface area contributed by atoms with Gasteiger partial charge in [0.05, 0.1) is 5.71 Å². The average molecular weight is 149 g/mol. The lowest BCUT2D eigenvalue weighted by Gasteiger charge is -1.92. The summed E-state index contributed by atoms with van der Waals surface area (Å²) in [6.45, 7) is 0. The van der Waals surface area contributed by atoms with E-state index in [1.54, 1.807) is 0 Å². The molecule has 0 aromatic carbocycles. The second kappa shape index (κ2) is 2.02. The van der Waals surface area contributed by atoms with Crippen LogP contribution in [0.3, 0.4) is 0 Å². The Balaban J connectivity index is 2.38. The molecular weight excluding hydrogens is 142 g/mol. The highest BCUT2D eigenvalue weighted by Gasteiger charge is 2.26. The van der Waals surface area contributed by atoms with Crippen LogP contribution in [0.25, 0.3) is 0 Å². The van der Waals surface area contributed by atoms with Crippen molar-refractivity contribution >= 4 is 17.3 Å². The monoisotopic (exact) mass is 149 g/mol. The number of rotatable bonds is 1. The Bertz CT molecular complexity index is 312. The van der Waals surface area contributed by atoms with Gasteiger partial charge in [0.2, 0.25) is 0 Å². The van der Waals surface area contributed by atoms with Gasteiger partial charge in [0.1, 0.15) is 0 Å². The Kier molecular flexibility index (Phi) is 1.15. The lowest BCUT2D eigenvalue weighted by atomic mass is 10.1. The zero-order valence-corrected chi connectivity index (χ0v) is 5.87. The summed E-state index contributed by atoms with van der Waals surface area (Å²) in [6, 6.07) is 0. The van der Waals surface area contributed by atoms with Crippen LogP contribution in [-0.2, 0) is 4.79 Å². The molecule has 56 valence electrons. The van der Waals surface area contributed by atoms with Gasteiger partial charge in [0.15, 0.2) is 5.71 Å². The summed E-state index contributed by atoms with van der Waals surface area (Å²) >= 11 is 0. The lowest BCUT2D eigenvalue weighted by Crippen LogP contribution is -2.24. The molecule has 1 aliphatic carbocycles. The Morgan fingerprint density at radius 2 is 2.36 bits per heavy atom. The maximum Gasteiger partial charge on any atom is 0.269 e. The maximum absolute atomic E-state index is 10.7. The van der Waals surface area contributed by atoms with Crippen LogP contribution in [0.5, 0.6) is 0 Å². The molecule has 0 aromatic rings. The number of fused-ring (bicyclic) bond motifs is 1. The molecule has 0 bridgehead atoms. The molecule has 0 atom stereocenters. The highest BCUT2D eigenvalue weighted by molar-refractivity contribution is 6.53. The third kappa shape index (κ3) is 0.790. The summed E-state index contributed by atoms with van der Waals surface area (Å²) in [7, 11) is 0. The van der Waals surface area contributed by atoms with E-state index in [9.17, 15) is 4.79 Å². The van der Waals surface area contributed by atoms with Crippen LogP contribution >= 0.6 is 0 Å². The number of primary amides is 1. The molecule has 2 rings (SSSR count). The molecule has 1 amide bonds. The second-order valence-electron chi connectivity index (χ2n) is 2.52. The second-order valence-corrected chi connectivity index (χ2v) is 2.52. The zero-order chi connectivity index (χ0) is 7.84. The van der Waals surface area contributed by atoms with Crippen molar-refractivity contribution < 1.29 is 4.79 Å². The summed E-state index contributed by atoms with van der Waals surface area (Å²) in [5.41, 5.74) is 7.13. The van der Waals surface area contributed by atoms with E-state index in [4.69, 9.17) is 5.73 Å². The molecule has 0 radical (unpaired) electrons. The summed E-state index contributed by atoms with van der Waals surface area (Å²) in [4.78, 5) is 10.7. The lowest BCUT2D eigenvalue weighted by molar-refractivity contribution is -0.111. The molecular formula is C7H7N3O. The molecule has 0 aromatic heterocycles. The van der Waals surface area contributed by atoms with E-state index < -0.39 is 5.91 Å². The fraction of sp³-hybridized carbons (Fsp3) is 0.286. The van der Waals surface area contributed by atoms with Crippen LogP contribution < -0.4 is 5.73 Å². The largest absolute Gasteiger partial charge is 0.364 e. The van der Waals surface area contributed by atoms with Gasteiger partial charge >= 0.3 is 0 Å². The van der Waals surface area contributed by atoms with E-state index in [1.807, 2.05) is 6.08 Å². The van der Waals surface area contributed by atoms with Gasteiger partial charge in [-0.1, -0.05) is 6.08 Å². The minimum atomic E-state index is -0.489. The van der Waals surface area contributed by atoms with Crippen LogP contribution in [0.4, 0.5) is 0 Å². The van der Waals surface area contributed by atoms with Crippen LogP contribution in [0.1, 0.15) is 12.8 Å². The van der Waals surface area contributed by atoms with E-state index in [0.717, 1.165) is 24.1 Å². The minimum Gasteiger partial charge on any atom is -0.364 e. The molecule has 0 saturated carbocycles. The third-order valence-electron chi connectivity index (χ3n) is 1.80. The third-order valence-corrected chi connectivity index (χ3v) is 1.80. The van der Waals surface area contributed by atoms with Crippen LogP contribution in [0, 0.1) is 0 Å². The Morgan fingerprint density at radius 3 is 3.09 bits per heavy atom. The molecule has 1 aliphatic heterocycles. The number of nitrogens with two attached hydrogens (primary N) is 1. The predicted octanol–water partition coefficient (Wildman–Crippen LogP) is 0.00250. The predicted molar refractivity (Wildman–Crippen MR) is 41.4 cm³/mol. The quantitative estimate of drug-likeness (QED) is 0.560. The summed E-state index contributed by atoms with van der Waals surface area (Å²) in [5.74, 6) is -0.489. The van der Waals surface area contributed by atoms with E-state index >= 15 is 0 Å². The molecule has 2 N–H and O–H groups in total. The van der Waals surface area contributed by atoms with Crippen LogP contribution in [-0.4, -0.2) is 17.3 Å². The minimum absolute atomic E-state index is 0.317. The number of allylic oxidation sites excluding steroid dienone is 1. The molecule has 0 spiro atoms. The molecule has 0 fully saturated rings. The number of carbonyl (C=O) groups is 1. The van der Waals surface area contributed by atoms with Crippen molar-refractivity contribution in [3.05, 3.63) is 11.6 Å². The first kappa shape index (κ1) is 6.27. The van der Waals surface area contributed by atoms with Gasteiger partial charge in [0, 0.05) is 5.57 Å². The van der Waals surface area contributed by atoms with Crippen molar-refractivity contribution in [1.29, 1.82) is 0 Å². The fourth-order valence-corrected chi connectivity index (χ4v) is 1.29. The number of hydrogen-bond acceptors (Lipinski definition) is 3. The number of nitrogens with zero attached hydrogens (tertiary/aromatic N) is 2. The van der Waals surface area contributed by atoms with Gasteiger partial charge in [-0.2, -0.15) is 5.10 Å². The highest BCUT2D eigenvalue weighted by atomic mass is 16.1. The number of hydrogen-bond donors (Lipinski definition) is 1. The first-order valence-corrected chi connectivity index (χ1v) is 3.44. The maximum atomic E-state index is 10.7. The summed E-state index contributed by atoms with van der Waals surface area (Å²) in [6.07, 6.45) is 3.78. The van der Waals surface area contributed by atoms with Crippen molar-refractivity contribution in [3.63, 3.8) is 0 Å². The van der Waals surface area contributed by atoms with E-state index in [2.05, 4.69) is 10.2 Å². The molecule has 1 heterocycles. The van der Waals surface area contributed by atoms with Crippen molar-refractivity contribution in [3.8, 4) is 0 Å². The summed E-state index contributed by atoms with van der Waals surface area (Å²) < 4.78 is 0. The van der Waals surface area contributed by atoms with E-state index in [0.29, 0.717) is 5.71 Å². The normalized spacial score (nSPS) is 20.5. The van der Waals surface area contributed by atoms with Gasteiger partial charge in [-0.3, -0.25) is 4.79 Å². The number of amides is 1. The topological polar surface area (TPSA) is 67.8 Å². The SMILES string of the molecule is NC(=O)C1=NN=C2CCC=C21. The first-order chi connectivity index (χ1) is 5.29.